The minimum absolute atomic E-state index is 0.204. The summed E-state index contributed by atoms with van der Waals surface area (Å²) in [6.07, 6.45) is 2.76. The van der Waals surface area contributed by atoms with Crippen molar-refractivity contribution in [3.05, 3.63) is 94.9 Å². The van der Waals surface area contributed by atoms with E-state index in [0.717, 1.165) is 41.8 Å². The van der Waals surface area contributed by atoms with Crippen molar-refractivity contribution < 1.29 is 9.50 Å². The average molecular weight is 397 g/mol. The van der Waals surface area contributed by atoms with E-state index in [9.17, 15) is 9.50 Å². The maximum Gasteiger partial charge on any atom is 0.123 e. The number of rotatable bonds is 3. The summed E-state index contributed by atoms with van der Waals surface area (Å²) >= 11 is 0. The number of phenols is 1. The highest BCUT2D eigenvalue weighted by molar-refractivity contribution is 5.90. The summed E-state index contributed by atoms with van der Waals surface area (Å²) in [4.78, 5) is 0. The molecule has 2 nitrogen and oxygen atoms in total. The molecule has 1 aromatic heterocycles. The first-order chi connectivity index (χ1) is 14.6. The lowest BCUT2D eigenvalue weighted by atomic mass is 9.84. The fourth-order valence-electron chi connectivity index (χ4n) is 4.84. The van der Waals surface area contributed by atoms with E-state index in [2.05, 4.69) is 42.7 Å². The van der Waals surface area contributed by atoms with Crippen LogP contribution in [0.3, 0.4) is 0 Å². The topological polar surface area (TPSA) is 25.2 Å². The molecule has 0 atom stereocenters. The Kier molecular flexibility index (Phi) is 4.47. The predicted molar refractivity (Wildman–Crippen MR) is 120 cm³/mol. The highest BCUT2D eigenvalue weighted by Gasteiger charge is 2.28. The van der Waals surface area contributed by atoms with E-state index in [4.69, 9.17) is 0 Å². The SMILES string of the molecule is CCc1cc(F)ccc1-c1c2c(c(C)n1-c1ccc(O)cc1)CCc1ccccc1-2. The number of aromatic hydroxyl groups is 1. The molecule has 0 saturated heterocycles. The molecule has 0 saturated carbocycles. The Bertz CT molecular complexity index is 1250. The Morgan fingerprint density at radius 2 is 1.70 bits per heavy atom. The quantitative estimate of drug-likeness (QED) is 0.413. The van der Waals surface area contributed by atoms with Crippen LogP contribution >= 0.6 is 0 Å². The fourth-order valence-corrected chi connectivity index (χ4v) is 4.84. The van der Waals surface area contributed by atoms with Crippen LogP contribution in [0.25, 0.3) is 28.1 Å². The normalized spacial score (nSPS) is 12.5. The minimum atomic E-state index is -0.204. The maximum absolute atomic E-state index is 14.1. The van der Waals surface area contributed by atoms with Gasteiger partial charge in [-0.15, -0.1) is 0 Å². The Hall–Kier alpha value is -3.33. The maximum atomic E-state index is 14.1. The van der Waals surface area contributed by atoms with E-state index in [1.165, 1.54) is 27.9 Å². The molecule has 3 heteroatoms. The molecule has 5 rings (SSSR count). The summed E-state index contributed by atoms with van der Waals surface area (Å²) in [6.45, 7) is 4.23. The molecular weight excluding hydrogens is 373 g/mol. The van der Waals surface area contributed by atoms with Gasteiger partial charge in [0.25, 0.3) is 0 Å². The number of phenolic OH excluding ortho intramolecular Hbond substituents is 1. The van der Waals surface area contributed by atoms with Crippen molar-refractivity contribution in [2.24, 2.45) is 0 Å². The van der Waals surface area contributed by atoms with Crippen molar-refractivity contribution in [2.45, 2.75) is 33.1 Å². The second kappa shape index (κ2) is 7.17. The molecular formula is C27H24FNO. The summed E-state index contributed by atoms with van der Waals surface area (Å²) in [6, 6.07) is 21.0. The number of aromatic nitrogens is 1. The van der Waals surface area contributed by atoms with Gasteiger partial charge in [-0.25, -0.2) is 4.39 Å². The molecule has 30 heavy (non-hydrogen) atoms. The molecule has 4 aromatic rings. The first-order valence-corrected chi connectivity index (χ1v) is 10.5. The number of hydrogen-bond donors (Lipinski definition) is 1. The van der Waals surface area contributed by atoms with E-state index >= 15 is 0 Å². The number of aryl methyl sites for hydroxylation is 2. The van der Waals surface area contributed by atoms with E-state index in [-0.39, 0.29) is 11.6 Å². The van der Waals surface area contributed by atoms with Crippen LogP contribution in [0.15, 0.2) is 66.7 Å². The fraction of sp³-hybridized carbons (Fsp3) is 0.185. The first-order valence-electron chi connectivity index (χ1n) is 10.5. The van der Waals surface area contributed by atoms with Crippen molar-refractivity contribution in [2.75, 3.05) is 0 Å². The minimum Gasteiger partial charge on any atom is -0.508 e. The number of benzene rings is 3. The zero-order chi connectivity index (χ0) is 20.8. The average Bonchev–Trinajstić information content (AvgIpc) is 3.07. The molecule has 1 N–H and O–H groups in total. The Balaban J connectivity index is 1.90. The molecule has 3 aromatic carbocycles. The largest absolute Gasteiger partial charge is 0.508 e. The van der Waals surface area contributed by atoms with Crippen LogP contribution in [-0.4, -0.2) is 9.67 Å². The van der Waals surface area contributed by atoms with Crippen molar-refractivity contribution in [3.8, 4) is 33.8 Å². The smallest absolute Gasteiger partial charge is 0.123 e. The third-order valence-electron chi connectivity index (χ3n) is 6.28. The second-order valence-electron chi connectivity index (χ2n) is 7.95. The molecule has 0 unspecified atom stereocenters. The van der Waals surface area contributed by atoms with Gasteiger partial charge < -0.3 is 9.67 Å². The lowest BCUT2D eigenvalue weighted by Gasteiger charge is -2.20. The number of nitrogens with zero attached hydrogens (tertiary/aromatic N) is 1. The molecule has 0 bridgehead atoms. The van der Waals surface area contributed by atoms with Crippen molar-refractivity contribution >= 4 is 0 Å². The van der Waals surface area contributed by atoms with Gasteiger partial charge in [-0.1, -0.05) is 31.2 Å². The number of halogens is 1. The number of fused-ring (bicyclic) bond motifs is 3. The highest BCUT2D eigenvalue weighted by atomic mass is 19.1. The van der Waals surface area contributed by atoms with Crippen LogP contribution < -0.4 is 0 Å². The van der Waals surface area contributed by atoms with E-state index in [1.54, 1.807) is 24.3 Å². The van der Waals surface area contributed by atoms with E-state index in [0.29, 0.717) is 0 Å². The van der Waals surface area contributed by atoms with Gasteiger partial charge in [-0.2, -0.15) is 0 Å². The van der Waals surface area contributed by atoms with Crippen molar-refractivity contribution in [3.63, 3.8) is 0 Å². The van der Waals surface area contributed by atoms with Gasteiger partial charge >= 0.3 is 0 Å². The molecule has 0 radical (unpaired) electrons. The summed E-state index contributed by atoms with van der Waals surface area (Å²) < 4.78 is 16.3. The lowest BCUT2D eigenvalue weighted by molar-refractivity contribution is 0.475. The predicted octanol–water partition coefficient (Wildman–Crippen LogP) is 6.63. The Morgan fingerprint density at radius 3 is 2.47 bits per heavy atom. The van der Waals surface area contributed by atoms with Gasteiger partial charge in [0.1, 0.15) is 11.6 Å². The molecule has 1 aliphatic rings. The summed E-state index contributed by atoms with van der Waals surface area (Å²) in [5, 5.41) is 9.81. The molecule has 1 aliphatic carbocycles. The van der Waals surface area contributed by atoms with Crippen LogP contribution in [0.1, 0.15) is 29.3 Å². The third kappa shape index (κ3) is 2.85. The van der Waals surface area contributed by atoms with Crippen LogP contribution in [-0.2, 0) is 19.3 Å². The van der Waals surface area contributed by atoms with Crippen LogP contribution in [0, 0.1) is 12.7 Å². The molecule has 1 heterocycles. The Morgan fingerprint density at radius 1 is 0.933 bits per heavy atom. The zero-order valence-electron chi connectivity index (χ0n) is 17.2. The summed E-state index contributed by atoms with van der Waals surface area (Å²) in [5.74, 6) is 0.0422. The van der Waals surface area contributed by atoms with Gasteiger partial charge in [-0.05, 0) is 90.9 Å². The van der Waals surface area contributed by atoms with Gasteiger partial charge in [0.15, 0.2) is 0 Å². The number of hydrogen-bond acceptors (Lipinski definition) is 1. The van der Waals surface area contributed by atoms with E-state index in [1.807, 2.05) is 18.2 Å². The Labute approximate surface area is 176 Å². The summed E-state index contributed by atoms with van der Waals surface area (Å²) in [7, 11) is 0. The van der Waals surface area contributed by atoms with Gasteiger partial charge in [0, 0.05) is 22.5 Å². The van der Waals surface area contributed by atoms with Crippen LogP contribution in [0.4, 0.5) is 4.39 Å². The van der Waals surface area contributed by atoms with Gasteiger partial charge in [0.2, 0.25) is 0 Å². The van der Waals surface area contributed by atoms with Gasteiger partial charge in [0.05, 0.1) is 5.69 Å². The molecule has 0 aliphatic heterocycles. The zero-order valence-corrected chi connectivity index (χ0v) is 17.2. The first kappa shape index (κ1) is 18.7. The highest BCUT2D eigenvalue weighted by Crippen LogP contribution is 2.46. The second-order valence-corrected chi connectivity index (χ2v) is 7.95. The molecule has 150 valence electrons. The molecule has 0 fully saturated rings. The monoisotopic (exact) mass is 397 g/mol. The van der Waals surface area contributed by atoms with Crippen molar-refractivity contribution in [1.29, 1.82) is 0 Å². The standard InChI is InChI=1S/C27H24FNO/c1-3-18-16-20(28)9-15-25(18)27-26-23(14-8-19-6-4-5-7-24(19)26)17(2)29(27)21-10-12-22(30)13-11-21/h4-7,9-13,15-16,30H,3,8,14H2,1-2H3. The van der Waals surface area contributed by atoms with Gasteiger partial charge in [-0.3, -0.25) is 0 Å². The molecule has 0 spiro atoms. The summed E-state index contributed by atoms with van der Waals surface area (Å²) in [5.41, 5.74) is 10.6. The van der Waals surface area contributed by atoms with Crippen molar-refractivity contribution in [1.82, 2.24) is 4.57 Å². The third-order valence-corrected chi connectivity index (χ3v) is 6.28. The molecule has 0 amide bonds. The lowest BCUT2D eigenvalue weighted by Crippen LogP contribution is -2.03. The van der Waals surface area contributed by atoms with Crippen LogP contribution in [0.2, 0.25) is 0 Å². The van der Waals surface area contributed by atoms with E-state index < -0.39 is 0 Å². The van der Waals surface area contributed by atoms with Crippen LogP contribution in [0.5, 0.6) is 5.75 Å².